The number of halogens is 1. The minimum Gasteiger partial charge on any atom is -0.493 e. The molecule has 0 aliphatic carbocycles. The Morgan fingerprint density at radius 3 is 2.96 bits per heavy atom. The predicted octanol–water partition coefficient (Wildman–Crippen LogP) is 3.06. The maximum Gasteiger partial charge on any atom is 0.262 e. The molecule has 1 N–H and O–H groups in total. The number of rotatable bonds is 7. The number of carbonyl (C=O) groups is 1. The van der Waals surface area contributed by atoms with Gasteiger partial charge in [-0.05, 0) is 59.5 Å². The van der Waals surface area contributed by atoms with Crippen LogP contribution in [0, 0.1) is 11.3 Å². The van der Waals surface area contributed by atoms with Crippen molar-refractivity contribution in [2.45, 2.75) is 25.9 Å². The minimum absolute atomic E-state index is 0.0242. The highest BCUT2D eigenvalue weighted by Crippen LogP contribution is 2.37. The molecule has 7 heteroatoms. The third-order valence-electron chi connectivity index (χ3n) is 3.73. The molecule has 0 bridgehead atoms. The molecule has 25 heavy (non-hydrogen) atoms. The van der Waals surface area contributed by atoms with Gasteiger partial charge in [-0.3, -0.25) is 4.79 Å². The summed E-state index contributed by atoms with van der Waals surface area (Å²) in [6, 6.07) is 5.44. The summed E-state index contributed by atoms with van der Waals surface area (Å²) < 4.78 is 17.0. The molecule has 6 nitrogen and oxygen atoms in total. The topological polar surface area (TPSA) is 80.6 Å². The van der Waals surface area contributed by atoms with Crippen LogP contribution in [-0.4, -0.2) is 38.9 Å². The summed E-state index contributed by atoms with van der Waals surface area (Å²) in [4.78, 5) is 12.2. The third-order valence-corrected chi connectivity index (χ3v) is 4.32. The fourth-order valence-corrected chi connectivity index (χ4v) is 3.10. The molecule has 1 aromatic carbocycles. The fraction of sp³-hybridized carbons (Fsp3) is 0.444. The molecule has 0 radical (unpaired) electrons. The Bertz CT molecular complexity index is 691. The minimum atomic E-state index is -0.415. The van der Waals surface area contributed by atoms with E-state index in [1.165, 1.54) is 13.2 Å². The average Bonchev–Trinajstić information content (AvgIpc) is 3.13. The zero-order valence-corrected chi connectivity index (χ0v) is 15.9. The van der Waals surface area contributed by atoms with Gasteiger partial charge in [-0.1, -0.05) is 0 Å². The van der Waals surface area contributed by atoms with Gasteiger partial charge < -0.3 is 19.5 Å². The van der Waals surface area contributed by atoms with Crippen molar-refractivity contribution in [1.29, 1.82) is 5.26 Å². The van der Waals surface area contributed by atoms with Gasteiger partial charge in [-0.15, -0.1) is 0 Å². The van der Waals surface area contributed by atoms with E-state index >= 15 is 0 Å². The lowest BCUT2D eigenvalue weighted by atomic mass is 10.1. The van der Waals surface area contributed by atoms with E-state index in [-0.39, 0.29) is 11.7 Å². The van der Waals surface area contributed by atoms with Crippen LogP contribution in [0.1, 0.15) is 25.3 Å². The highest BCUT2D eigenvalue weighted by atomic mass is 79.9. The van der Waals surface area contributed by atoms with Gasteiger partial charge in [0.2, 0.25) is 0 Å². The molecule has 1 atom stereocenters. The van der Waals surface area contributed by atoms with Crippen LogP contribution < -0.4 is 14.8 Å². The van der Waals surface area contributed by atoms with E-state index in [4.69, 9.17) is 14.2 Å². The first-order valence-corrected chi connectivity index (χ1v) is 8.90. The van der Waals surface area contributed by atoms with Crippen LogP contribution >= 0.6 is 15.9 Å². The standard InChI is InChI=1S/C18H21BrN2O4/c1-3-24-17-15(19)8-12(9-16(17)23-2)7-13(10-20)18(22)21-11-14-5-4-6-25-14/h7-9,14H,3-6,11H2,1-2H3,(H,21,22)/b13-7+/t14-/m0/s1. The Morgan fingerprint density at radius 2 is 2.36 bits per heavy atom. The number of methoxy groups -OCH3 is 1. The number of nitriles is 1. The SMILES string of the molecule is CCOc1c(Br)cc(/C=C(\C#N)C(=O)NC[C@@H]2CCCO2)cc1OC. The Kier molecular flexibility index (Phi) is 7.29. The van der Waals surface area contributed by atoms with Gasteiger partial charge in [0.1, 0.15) is 11.6 Å². The molecule has 134 valence electrons. The normalized spacial score (nSPS) is 17.0. The van der Waals surface area contributed by atoms with Crippen LogP contribution in [0.15, 0.2) is 22.2 Å². The lowest BCUT2D eigenvalue weighted by molar-refractivity contribution is -0.117. The predicted molar refractivity (Wildman–Crippen MR) is 97.4 cm³/mol. The molecule has 1 aromatic rings. The molecule has 1 saturated heterocycles. The second-order valence-corrected chi connectivity index (χ2v) is 6.34. The van der Waals surface area contributed by atoms with Crippen molar-refractivity contribution in [3.8, 4) is 17.6 Å². The lowest BCUT2D eigenvalue weighted by Gasteiger charge is -2.13. The Balaban J connectivity index is 2.16. The van der Waals surface area contributed by atoms with Gasteiger partial charge >= 0.3 is 0 Å². The molecule has 2 rings (SSSR count). The van der Waals surface area contributed by atoms with Gasteiger partial charge in [-0.25, -0.2) is 0 Å². The van der Waals surface area contributed by atoms with Crippen molar-refractivity contribution < 1.29 is 19.0 Å². The fourth-order valence-electron chi connectivity index (χ4n) is 2.53. The molecule has 1 fully saturated rings. The van der Waals surface area contributed by atoms with Gasteiger partial charge in [0, 0.05) is 13.2 Å². The molecule has 1 heterocycles. The van der Waals surface area contributed by atoms with Crippen LogP contribution in [0.3, 0.4) is 0 Å². The van der Waals surface area contributed by atoms with Crippen molar-refractivity contribution in [1.82, 2.24) is 5.32 Å². The molecule has 0 saturated carbocycles. The number of hydrogen-bond donors (Lipinski definition) is 1. The summed E-state index contributed by atoms with van der Waals surface area (Å²) in [6.45, 7) is 3.51. The monoisotopic (exact) mass is 408 g/mol. The summed E-state index contributed by atoms with van der Waals surface area (Å²) in [5, 5.41) is 12.1. The van der Waals surface area contributed by atoms with E-state index in [0.717, 1.165) is 19.4 Å². The third kappa shape index (κ3) is 5.21. The molecular weight excluding hydrogens is 388 g/mol. The summed E-state index contributed by atoms with van der Waals surface area (Å²) in [7, 11) is 1.54. The van der Waals surface area contributed by atoms with Crippen LogP contribution in [-0.2, 0) is 9.53 Å². The van der Waals surface area contributed by atoms with Gasteiger partial charge in [0.05, 0.1) is 24.3 Å². The number of benzene rings is 1. The van der Waals surface area contributed by atoms with Gasteiger partial charge in [0.25, 0.3) is 5.91 Å². The van der Waals surface area contributed by atoms with E-state index in [1.807, 2.05) is 13.0 Å². The van der Waals surface area contributed by atoms with Crippen LogP contribution in [0.5, 0.6) is 11.5 Å². The number of nitrogens with one attached hydrogen (secondary N) is 1. The first-order chi connectivity index (χ1) is 12.1. The molecular formula is C18H21BrN2O4. The molecule has 1 aliphatic rings. The zero-order valence-electron chi connectivity index (χ0n) is 14.3. The number of hydrogen-bond acceptors (Lipinski definition) is 5. The number of ether oxygens (including phenoxy) is 3. The highest BCUT2D eigenvalue weighted by molar-refractivity contribution is 9.10. The number of nitrogens with zero attached hydrogens (tertiary/aromatic N) is 1. The molecule has 0 aromatic heterocycles. The first-order valence-electron chi connectivity index (χ1n) is 8.11. The van der Waals surface area contributed by atoms with Crippen molar-refractivity contribution in [3.63, 3.8) is 0 Å². The quantitative estimate of drug-likeness (QED) is 0.553. The van der Waals surface area contributed by atoms with E-state index in [2.05, 4.69) is 21.2 Å². The zero-order chi connectivity index (χ0) is 18.2. The summed E-state index contributed by atoms with van der Waals surface area (Å²) in [6.07, 6.45) is 3.48. The van der Waals surface area contributed by atoms with E-state index in [0.29, 0.717) is 34.7 Å². The second kappa shape index (κ2) is 9.44. The lowest BCUT2D eigenvalue weighted by Crippen LogP contribution is -2.32. The number of carbonyl (C=O) groups excluding carboxylic acids is 1. The Morgan fingerprint density at radius 1 is 1.56 bits per heavy atom. The summed E-state index contributed by atoms with van der Waals surface area (Å²) >= 11 is 3.43. The average molecular weight is 409 g/mol. The van der Waals surface area contributed by atoms with E-state index in [1.54, 1.807) is 12.1 Å². The summed E-state index contributed by atoms with van der Waals surface area (Å²) in [5.74, 6) is 0.699. The van der Waals surface area contributed by atoms with E-state index < -0.39 is 5.91 Å². The van der Waals surface area contributed by atoms with Crippen LogP contribution in [0.25, 0.3) is 6.08 Å². The maximum absolute atomic E-state index is 12.2. The van der Waals surface area contributed by atoms with Gasteiger partial charge in [-0.2, -0.15) is 5.26 Å². The first kappa shape index (κ1) is 19.3. The van der Waals surface area contributed by atoms with Crippen molar-refractivity contribution >= 4 is 27.9 Å². The number of amides is 1. The summed E-state index contributed by atoms with van der Waals surface area (Å²) in [5.41, 5.74) is 0.687. The second-order valence-electron chi connectivity index (χ2n) is 5.48. The van der Waals surface area contributed by atoms with Crippen LogP contribution in [0.2, 0.25) is 0 Å². The molecule has 0 unspecified atom stereocenters. The van der Waals surface area contributed by atoms with E-state index in [9.17, 15) is 10.1 Å². The largest absolute Gasteiger partial charge is 0.493 e. The van der Waals surface area contributed by atoms with Crippen molar-refractivity contribution in [3.05, 3.63) is 27.7 Å². The molecule has 0 spiro atoms. The smallest absolute Gasteiger partial charge is 0.262 e. The highest BCUT2D eigenvalue weighted by Gasteiger charge is 2.18. The van der Waals surface area contributed by atoms with Gasteiger partial charge in [0.15, 0.2) is 11.5 Å². The molecule has 1 amide bonds. The van der Waals surface area contributed by atoms with Crippen LogP contribution in [0.4, 0.5) is 0 Å². The Hall–Kier alpha value is -2.04. The van der Waals surface area contributed by atoms with Crippen molar-refractivity contribution in [2.75, 3.05) is 26.9 Å². The maximum atomic E-state index is 12.2. The Labute approximate surface area is 155 Å². The molecule has 1 aliphatic heterocycles. The van der Waals surface area contributed by atoms with Crippen molar-refractivity contribution in [2.24, 2.45) is 0 Å².